The van der Waals surface area contributed by atoms with E-state index in [9.17, 15) is 0 Å². The molecule has 1 aromatic heterocycles. The minimum Gasteiger partial charge on any atom is -0.133 e. The van der Waals surface area contributed by atoms with Gasteiger partial charge in [-0.2, -0.15) is 0 Å². The van der Waals surface area contributed by atoms with Crippen LogP contribution in [0.1, 0.15) is 33.7 Å². The van der Waals surface area contributed by atoms with Crippen LogP contribution in [0.5, 0.6) is 0 Å². The highest BCUT2D eigenvalue weighted by molar-refractivity contribution is 9.11. The van der Waals surface area contributed by atoms with Crippen LogP contribution >= 0.6 is 43.2 Å². The number of benzene rings is 1. The molecular weight excluding hydrogens is 360 g/mol. The molecule has 0 nitrogen and oxygen atoms in total. The zero-order valence-electron chi connectivity index (χ0n) is 9.78. The van der Waals surface area contributed by atoms with E-state index in [2.05, 4.69) is 82.1 Å². The van der Waals surface area contributed by atoms with Gasteiger partial charge in [0, 0.05) is 9.70 Å². The van der Waals surface area contributed by atoms with Crippen molar-refractivity contribution >= 4 is 43.2 Å². The number of thiophene rings is 1. The fourth-order valence-electron chi connectivity index (χ4n) is 1.93. The van der Waals surface area contributed by atoms with E-state index in [1.807, 2.05) is 0 Å². The van der Waals surface area contributed by atoms with Gasteiger partial charge in [0.1, 0.15) is 0 Å². The molecular formula is C14H14Br2S. The second kappa shape index (κ2) is 5.68. The highest BCUT2D eigenvalue weighted by atomic mass is 79.9. The number of hydrogen-bond donors (Lipinski definition) is 0. The molecule has 0 aliphatic heterocycles. The maximum absolute atomic E-state index is 3.84. The third kappa shape index (κ3) is 3.01. The Balaban J connectivity index is 2.26. The Labute approximate surface area is 123 Å². The monoisotopic (exact) mass is 372 g/mol. The molecule has 2 aromatic rings. The first-order chi connectivity index (χ1) is 8.09. The first-order valence-electron chi connectivity index (χ1n) is 5.54. The van der Waals surface area contributed by atoms with Gasteiger partial charge in [0.25, 0.3) is 0 Å². The van der Waals surface area contributed by atoms with Crippen molar-refractivity contribution in [1.82, 2.24) is 0 Å². The van der Waals surface area contributed by atoms with E-state index in [1.54, 1.807) is 11.3 Å². The number of hydrogen-bond acceptors (Lipinski definition) is 1. The van der Waals surface area contributed by atoms with Crippen LogP contribution < -0.4 is 0 Å². The first kappa shape index (κ1) is 13.3. The van der Waals surface area contributed by atoms with Crippen LogP contribution in [0.15, 0.2) is 40.2 Å². The van der Waals surface area contributed by atoms with Crippen LogP contribution in [0.2, 0.25) is 0 Å². The Kier molecular flexibility index (Phi) is 4.45. The fourth-order valence-corrected chi connectivity index (χ4v) is 4.62. The quantitative estimate of drug-likeness (QED) is 0.573. The van der Waals surface area contributed by atoms with E-state index in [4.69, 9.17) is 0 Å². The molecule has 0 saturated carbocycles. The van der Waals surface area contributed by atoms with Crippen LogP contribution in [0.4, 0.5) is 0 Å². The zero-order valence-corrected chi connectivity index (χ0v) is 13.8. The van der Waals surface area contributed by atoms with Crippen LogP contribution in [0, 0.1) is 6.92 Å². The molecule has 2 unspecified atom stereocenters. The van der Waals surface area contributed by atoms with Crippen molar-refractivity contribution in [3.8, 4) is 0 Å². The molecule has 0 radical (unpaired) electrons. The van der Waals surface area contributed by atoms with Crippen molar-refractivity contribution in [3.63, 3.8) is 0 Å². The summed E-state index contributed by atoms with van der Waals surface area (Å²) in [4.78, 5) is 1.74. The predicted octanol–water partition coefficient (Wildman–Crippen LogP) is 6.06. The molecule has 0 N–H and O–H groups in total. The summed E-state index contributed by atoms with van der Waals surface area (Å²) >= 11 is 9.19. The highest BCUT2D eigenvalue weighted by Crippen LogP contribution is 2.42. The Morgan fingerprint density at radius 3 is 2.35 bits per heavy atom. The Bertz CT molecular complexity index is 490. The summed E-state index contributed by atoms with van der Waals surface area (Å²) in [5.74, 6) is 0.469. The number of halogens is 2. The van der Waals surface area contributed by atoms with Crippen LogP contribution in [-0.4, -0.2) is 0 Å². The summed E-state index contributed by atoms with van der Waals surface area (Å²) < 4.78 is 1.20. The number of alkyl halides is 1. The van der Waals surface area contributed by atoms with Gasteiger partial charge in [-0.3, -0.25) is 0 Å². The van der Waals surface area contributed by atoms with Gasteiger partial charge in [0.15, 0.2) is 0 Å². The molecule has 2 rings (SSSR count). The summed E-state index contributed by atoms with van der Waals surface area (Å²) in [6, 6.07) is 12.9. The molecule has 90 valence electrons. The number of rotatable bonds is 3. The van der Waals surface area contributed by atoms with Crippen molar-refractivity contribution in [2.45, 2.75) is 24.6 Å². The largest absolute Gasteiger partial charge is 0.133 e. The van der Waals surface area contributed by atoms with Gasteiger partial charge in [-0.15, -0.1) is 11.3 Å². The molecule has 0 amide bonds. The third-order valence-corrected chi connectivity index (χ3v) is 5.84. The predicted molar refractivity (Wildman–Crippen MR) is 83.3 cm³/mol. The summed E-state index contributed by atoms with van der Waals surface area (Å²) in [7, 11) is 0. The second-order valence-electron chi connectivity index (χ2n) is 4.16. The topological polar surface area (TPSA) is 0 Å². The highest BCUT2D eigenvalue weighted by Gasteiger charge is 2.20. The lowest BCUT2D eigenvalue weighted by Crippen LogP contribution is -2.02. The summed E-state index contributed by atoms with van der Waals surface area (Å²) in [6.07, 6.45) is 0. The smallest absolute Gasteiger partial charge is 0.0704 e. The molecule has 0 fully saturated rings. The summed E-state index contributed by atoms with van der Waals surface area (Å²) in [5, 5.41) is 0. The Hall–Kier alpha value is -0.120. The van der Waals surface area contributed by atoms with Gasteiger partial charge in [0.2, 0.25) is 0 Å². The lowest BCUT2D eigenvalue weighted by molar-refractivity contribution is 0.751. The number of aryl methyl sites for hydroxylation is 1. The lowest BCUT2D eigenvalue weighted by Gasteiger charge is -2.18. The van der Waals surface area contributed by atoms with Gasteiger partial charge in [-0.1, -0.05) is 53.2 Å². The average Bonchev–Trinajstić information content (AvgIpc) is 2.68. The van der Waals surface area contributed by atoms with E-state index in [1.165, 1.54) is 19.8 Å². The zero-order chi connectivity index (χ0) is 12.4. The van der Waals surface area contributed by atoms with Crippen LogP contribution in [0.25, 0.3) is 0 Å². The van der Waals surface area contributed by atoms with Gasteiger partial charge in [-0.25, -0.2) is 0 Å². The van der Waals surface area contributed by atoms with Crippen molar-refractivity contribution in [3.05, 3.63) is 56.2 Å². The van der Waals surface area contributed by atoms with Gasteiger partial charge < -0.3 is 0 Å². The first-order valence-corrected chi connectivity index (χ1v) is 8.07. The normalized spacial score (nSPS) is 14.6. The minimum absolute atomic E-state index is 0.368. The molecule has 1 heterocycles. The Morgan fingerprint density at radius 2 is 1.82 bits per heavy atom. The molecule has 0 spiro atoms. The average molecular weight is 374 g/mol. The fraction of sp³-hybridized carbons (Fsp3) is 0.286. The van der Waals surface area contributed by atoms with E-state index in [0.717, 1.165) is 0 Å². The summed E-state index contributed by atoms with van der Waals surface area (Å²) in [6.45, 7) is 4.44. The molecule has 0 bridgehead atoms. The Morgan fingerprint density at radius 1 is 1.18 bits per heavy atom. The van der Waals surface area contributed by atoms with Gasteiger partial charge in [0.05, 0.1) is 3.79 Å². The molecule has 0 aliphatic carbocycles. The van der Waals surface area contributed by atoms with Crippen LogP contribution in [0.3, 0.4) is 0 Å². The van der Waals surface area contributed by atoms with E-state index in [0.29, 0.717) is 10.7 Å². The van der Waals surface area contributed by atoms with Crippen molar-refractivity contribution < 1.29 is 0 Å². The SMILES string of the molecule is Cc1sc(Br)cc1C(Br)C(C)c1ccccc1. The second-order valence-corrected chi connectivity index (χ2v) is 7.79. The molecule has 1 aromatic carbocycles. The van der Waals surface area contributed by atoms with Gasteiger partial charge >= 0.3 is 0 Å². The maximum Gasteiger partial charge on any atom is 0.0704 e. The van der Waals surface area contributed by atoms with Crippen molar-refractivity contribution in [2.24, 2.45) is 0 Å². The lowest BCUT2D eigenvalue weighted by atomic mass is 9.94. The molecule has 2 atom stereocenters. The van der Waals surface area contributed by atoms with Crippen molar-refractivity contribution in [1.29, 1.82) is 0 Å². The summed E-state index contributed by atoms with van der Waals surface area (Å²) in [5.41, 5.74) is 2.76. The standard InChI is InChI=1S/C14H14Br2S/c1-9(11-6-4-3-5-7-11)14(16)12-8-13(15)17-10(12)2/h3-9,14H,1-2H3. The molecule has 17 heavy (non-hydrogen) atoms. The van der Waals surface area contributed by atoms with E-state index >= 15 is 0 Å². The minimum atomic E-state index is 0.368. The maximum atomic E-state index is 3.84. The molecule has 0 saturated heterocycles. The molecule has 0 aliphatic rings. The van der Waals surface area contributed by atoms with Crippen LogP contribution in [-0.2, 0) is 0 Å². The van der Waals surface area contributed by atoms with Crippen molar-refractivity contribution in [2.75, 3.05) is 0 Å². The van der Waals surface area contributed by atoms with E-state index in [-0.39, 0.29) is 0 Å². The molecule has 3 heteroatoms. The van der Waals surface area contributed by atoms with Gasteiger partial charge in [-0.05, 0) is 46.0 Å². The van der Waals surface area contributed by atoms with E-state index < -0.39 is 0 Å². The third-order valence-electron chi connectivity index (χ3n) is 2.99.